The van der Waals surface area contributed by atoms with Gasteiger partial charge in [-0.1, -0.05) is 12.1 Å². The lowest BCUT2D eigenvalue weighted by Crippen LogP contribution is -2.54. The van der Waals surface area contributed by atoms with Crippen LogP contribution in [0.2, 0.25) is 0 Å². The Morgan fingerprint density at radius 3 is 2.55 bits per heavy atom. The maximum atomic E-state index is 13.1. The van der Waals surface area contributed by atoms with Crippen LogP contribution >= 0.6 is 0 Å². The van der Waals surface area contributed by atoms with Gasteiger partial charge in [-0.2, -0.15) is 0 Å². The largest absolute Gasteiger partial charge is 0.496 e. The summed E-state index contributed by atoms with van der Waals surface area (Å²) < 4.78 is 16.0. The van der Waals surface area contributed by atoms with Gasteiger partial charge >= 0.3 is 6.03 Å². The van der Waals surface area contributed by atoms with Crippen molar-refractivity contribution in [3.05, 3.63) is 52.6 Å². The number of carbonyl (C=O) groups is 3. The molecule has 0 unspecified atom stereocenters. The number of rotatable bonds is 3. The number of fused-ring (bicyclic) bond motifs is 1. The van der Waals surface area contributed by atoms with Gasteiger partial charge in [0.15, 0.2) is 11.5 Å². The van der Waals surface area contributed by atoms with Gasteiger partial charge in [0.2, 0.25) is 6.79 Å². The summed E-state index contributed by atoms with van der Waals surface area (Å²) in [5.74, 6) is -0.106. The van der Waals surface area contributed by atoms with Crippen LogP contribution in [0, 0.1) is 13.8 Å². The molecule has 0 aromatic heterocycles. The van der Waals surface area contributed by atoms with Crippen LogP contribution in [0.3, 0.4) is 0 Å². The molecule has 4 rings (SSSR count). The monoisotopic (exact) mass is 394 g/mol. The van der Waals surface area contributed by atoms with Crippen LogP contribution < -0.4 is 24.4 Å². The zero-order chi connectivity index (χ0) is 20.7. The van der Waals surface area contributed by atoms with Crippen molar-refractivity contribution in [3.63, 3.8) is 0 Å². The van der Waals surface area contributed by atoms with Gasteiger partial charge in [0.25, 0.3) is 11.8 Å². The number of hydrogen-bond donors (Lipinski definition) is 1. The smallest absolute Gasteiger partial charge is 0.335 e. The molecule has 1 N–H and O–H groups in total. The average Bonchev–Trinajstić information content (AvgIpc) is 3.14. The van der Waals surface area contributed by atoms with Crippen molar-refractivity contribution in [2.24, 2.45) is 0 Å². The summed E-state index contributed by atoms with van der Waals surface area (Å²) in [4.78, 5) is 39.0. The van der Waals surface area contributed by atoms with Gasteiger partial charge in [-0.25, -0.2) is 9.69 Å². The van der Waals surface area contributed by atoms with E-state index in [-0.39, 0.29) is 12.4 Å². The first kappa shape index (κ1) is 18.5. The molecule has 2 aliphatic heterocycles. The first-order valence-corrected chi connectivity index (χ1v) is 8.86. The van der Waals surface area contributed by atoms with Gasteiger partial charge in [-0.15, -0.1) is 0 Å². The number of nitrogens with one attached hydrogen (secondary N) is 1. The maximum Gasteiger partial charge on any atom is 0.335 e. The van der Waals surface area contributed by atoms with Crippen molar-refractivity contribution >= 4 is 29.6 Å². The molecule has 1 saturated heterocycles. The van der Waals surface area contributed by atoms with Crippen LogP contribution in [0.4, 0.5) is 10.5 Å². The summed E-state index contributed by atoms with van der Waals surface area (Å²) >= 11 is 0. The Morgan fingerprint density at radius 1 is 1.10 bits per heavy atom. The minimum Gasteiger partial charge on any atom is -0.496 e. The van der Waals surface area contributed by atoms with Gasteiger partial charge in [0, 0.05) is 11.6 Å². The van der Waals surface area contributed by atoms with Crippen molar-refractivity contribution in [1.29, 1.82) is 0 Å². The molecular weight excluding hydrogens is 376 g/mol. The van der Waals surface area contributed by atoms with Crippen LogP contribution in [0.5, 0.6) is 17.2 Å². The van der Waals surface area contributed by atoms with E-state index < -0.39 is 17.8 Å². The van der Waals surface area contributed by atoms with E-state index >= 15 is 0 Å². The Balaban J connectivity index is 1.80. The van der Waals surface area contributed by atoms with E-state index in [4.69, 9.17) is 14.2 Å². The molecule has 1 fully saturated rings. The molecule has 0 bridgehead atoms. The van der Waals surface area contributed by atoms with Gasteiger partial charge in [0.1, 0.15) is 11.3 Å². The van der Waals surface area contributed by atoms with Gasteiger partial charge in [0.05, 0.1) is 12.8 Å². The lowest BCUT2D eigenvalue weighted by atomic mass is 10.0. The Bertz CT molecular complexity index is 1090. The summed E-state index contributed by atoms with van der Waals surface area (Å²) in [6.45, 7) is 3.77. The molecule has 8 heteroatoms. The van der Waals surface area contributed by atoms with Crippen LogP contribution in [0.15, 0.2) is 35.9 Å². The number of carbonyl (C=O) groups excluding carboxylic acids is 3. The highest BCUT2D eigenvalue weighted by atomic mass is 16.7. The number of amides is 4. The molecule has 2 aromatic carbocycles. The molecule has 29 heavy (non-hydrogen) atoms. The molecule has 148 valence electrons. The minimum atomic E-state index is -0.788. The third-order valence-electron chi connectivity index (χ3n) is 4.94. The Kier molecular flexibility index (Phi) is 4.46. The quantitative estimate of drug-likeness (QED) is 0.635. The Hall–Kier alpha value is -3.81. The second kappa shape index (κ2) is 6.97. The molecule has 2 aromatic rings. The number of benzene rings is 2. The van der Waals surface area contributed by atoms with E-state index in [0.717, 1.165) is 16.0 Å². The highest BCUT2D eigenvalue weighted by Gasteiger charge is 2.37. The number of aryl methyl sites for hydroxylation is 1. The number of barbiturate groups is 1. The number of imide groups is 2. The fraction of sp³-hybridized carbons (Fsp3) is 0.190. The zero-order valence-electron chi connectivity index (χ0n) is 16.1. The van der Waals surface area contributed by atoms with E-state index in [1.165, 1.54) is 13.2 Å². The zero-order valence-corrected chi connectivity index (χ0v) is 16.1. The third-order valence-corrected chi connectivity index (χ3v) is 4.94. The highest BCUT2D eigenvalue weighted by Crippen LogP contribution is 2.39. The molecular formula is C21H18N2O6. The maximum absolute atomic E-state index is 13.1. The molecule has 0 aliphatic carbocycles. The van der Waals surface area contributed by atoms with Crippen molar-refractivity contribution in [2.75, 3.05) is 18.8 Å². The van der Waals surface area contributed by atoms with Crippen LogP contribution in [-0.4, -0.2) is 31.7 Å². The molecule has 8 nitrogen and oxygen atoms in total. The predicted octanol–water partition coefficient (Wildman–Crippen LogP) is 2.71. The molecule has 0 atom stereocenters. The third kappa shape index (κ3) is 3.08. The fourth-order valence-corrected chi connectivity index (χ4v) is 3.24. The SMILES string of the molecule is COc1cc2c(cc1/C=C1/C(=O)NC(=O)N(c3cccc(C)c3C)C1=O)OCO2. The van der Waals surface area contributed by atoms with Crippen molar-refractivity contribution < 1.29 is 28.6 Å². The number of methoxy groups -OCH3 is 1. The van der Waals surface area contributed by atoms with Crippen molar-refractivity contribution in [2.45, 2.75) is 13.8 Å². The van der Waals surface area contributed by atoms with E-state index in [0.29, 0.717) is 28.5 Å². The predicted molar refractivity (Wildman–Crippen MR) is 104 cm³/mol. The molecule has 2 aliphatic rings. The van der Waals surface area contributed by atoms with E-state index in [9.17, 15) is 14.4 Å². The summed E-state index contributed by atoms with van der Waals surface area (Å²) in [5, 5.41) is 2.23. The topological polar surface area (TPSA) is 94.2 Å². The van der Waals surface area contributed by atoms with Crippen LogP contribution in [-0.2, 0) is 9.59 Å². The minimum absolute atomic E-state index is 0.0762. The van der Waals surface area contributed by atoms with Gasteiger partial charge < -0.3 is 14.2 Å². The van der Waals surface area contributed by atoms with Crippen LogP contribution in [0.25, 0.3) is 6.08 Å². The second-order valence-corrected chi connectivity index (χ2v) is 6.62. The summed E-state index contributed by atoms with van der Waals surface area (Å²) in [6, 6.07) is 7.74. The molecule has 0 saturated carbocycles. The second-order valence-electron chi connectivity index (χ2n) is 6.62. The first-order chi connectivity index (χ1) is 13.9. The van der Waals surface area contributed by atoms with Crippen molar-refractivity contribution in [1.82, 2.24) is 5.32 Å². The van der Waals surface area contributed by atoms with Gasteiger partial charge in [-0.05, 0) is 43.2 Å². The lowest BCUT2D eigenvalue weighted by Gasteiger charge is -2.28. The number of urea groups is 1. The Morgan fingerprint density at radius 2 is 1.83 bits per heavy atom. The molecule has 2 heterocycles. The normalized spacial score (nSPS) is 17.0. The fourth-order valence-electron chi connectivity index (χ4n) is 3.24. The van der Waals surface area contributed by atoms with Crippen LogP contribution in [0.1, 0.15) is 16.7 Å². The van der Waals surface area contributed by atoms with Gasteiger partial charge in [-0.3, -0.25) is 14.9 Å². The molecule has 0 spiro atoms. The Labute approximate surface area is 166 Å². The summed E-state index contributed by atoms with van der Waals surface area (Å²) in [6.07, 6.45) is 1.38. The lowest BCUT2D eigenvalue weighted by molar-refractivity contribution is -0.122. The summed E-state index contributed by atoms with van der Waals surface area (Å²) in [5.41, 5.74) is 2.37. The number of nitrogens with zero attached hydrogens (tertiary/aromatic N) is 1. The molecule has 0 radical (unpaired) electrons. The van der Waals surface area contributed by atoms with E-state index in [1.807, 2.05) is 19.9 Å². The van der Waals surface area contributed by atoms with Crippen molar-refractivity contribution in [3.8, 4) is 17.2 Å². The number of hydrogen-bond acceptors (Lipinski definition) is 6. The highest BCUT2D eigenvalue weighted by molar-refractivity contribution is 6.39. The summed E-state index contributed by atoms with van der Waals surface area (Å²) in [7, 11) is 1.47. The van der Waals surface area contributed by atoms with E-state index in [1.54, 1.807) is 24.3 Å². The first-order valence-electron chi connectivity index (χ1n) is 8.86. The van der Waals surface area contributed by atoms with E-state index in [2.05, 4.69) is 5.32 Å². The number of anilines is 1. The average molecular weight is 394 g/mol. The standard InChI is InChI=1S/C21H18N2O6/c1-11-5-4-6-15(12(11)2)23-20(25)14(19(24)22-21(23)26)7-13-8-17-18(29-10-28-17)9-16(13)27-3/h4-9H,10H2,1-3H3,(H,22,24,26)/b14-7-. The number of ether oxygens (including phenoxy) is 3. The molecule has 4 amide bonds.